The van der Waals surface area contributed by atoms with E-state index in [1.807, 2.05) is 0 Å². The van der Waals surface area contributed by atoms with Gasteiger partial charge in [0.1, 0.15) is 0 Å². The first kappa shape index (κ1) is 34.6. The Morgan fingerprint density at radius 2 is 0.952 bits per heavy atom. The van der Waals surface area contributed by atoms with Gasteiger partial charge in [-0.1, -0.05) is 153 Å². The summed E-state index contributed by atoms with van der Waals surface area (Å²) in [5.41, 5.74) is 14.8. The van der Waals surface area contributed by atoms with Crippen molar-refractivity contribution in [1.82, 2.24) is 23.9 Å². The highest BCUT2D eigenvalue weighted by molar-refractivity contribution is 6.31. The zero-order valence-corrected chi connectivity index (χ0v) is 34.6. The molecule has 63 heavy (non-hydrogen) atoms. The first-order chi connectivity index (χ1) is 31.0. The summed E-state index contributed by atoms with van der Waals surface area (Å²) in [5.74, 6) is 1.90. The molecule has 0 N–H and O–H groups in total. The second kappa shape index (κ2) is 12.5. The molecule has 0 amide bonds. The van der Waals surface area contributed by atoms with Crippen molar-refractivity contribution >= 4 is 70.7 Å². The van der Waals surface area contributed by atoms with Crippen molar-refractivity contribution in [1.29, 1.82) is 0 Å². The largest absolute Gasteiger partial charge is 0.308 e. The van der Waals surface area contributed by atoms with Crippen molar-refractivity contribution in [2.45, 2.75) is 19.3 Å². The Morgan fingerprint density at radius 3 is 1.83 bits per heavy atom. The second-order valence-electron chi connectivity index (χ2n) is 17.6. The standard InChI is InChI=1S/C58H37N5/c1-58(2)45-22-8-5-16-38(45)44-33-37(30-31-46(44)58)56-59-55(36-29-28-34-14-3-4-15-35(34)32-36)60-57(61-56)43-18-7-10-24-48(43)62-49-25-12-19-40-42-21-11-20-41-39-17-6-9-23-47(39)63(54(41)42)51-27-13-26-50(62)53(51)52(40)49/h3-33H,1-2H3. The maximum atomic E-state index is 5.42. The Kier molecular flexibility index (Phi) is 6.84. The van der Waals surface area contributed by atoms with Crippen LogP contribution in [0.4, 0.5) is 0 Å². The summed E-state index contributed by atoms with van der Waals surface area (Å²) in [6.45, 7) is 4.63. The fraction of sp³-hybridized carbons (Fsp3) is 0.0517. The van der Waals surface area contributed by atoms with Crippen LogP contribution in [-0.2, 0) is 5.41 Å². The van der Waals surface area contributed by atoms with Gasteiger partial charge in [-0.25, -0.2) is 15.0 Å². The van der Waals surface area contributed by atoms with Gasteiger partial charge in [0.05, 0.1) is 33.3 Å². The summed E-state index contributed by atoms with van der Waals surface area (Å²) in [7, 11) is 0. The van der Waals surface area contributed by atoms with Crippen LogP contribution in [0.1, 0.15) is 25.0 Å². The summed E-state index contributed by atoms with van der Waals surface area (Å²) in [4.78, 5) is 16.1. The molecule has 4 aromatic heterocycles. The van der Waals surface area contributed by atoms with Gasteiger partial charge in [0.2, 0.25) is 0 Å². The van der Waals surface area contributed by atoms with Crippen molar-refractivity contribution < 1.29 is 0 Å². The molecule has 14 rings (SSSR count). The number of rotatable bonds is 4. The third-order valence-corrected chi connectivity index (χ3v) is 13.9. The molecular weight excluding hydrogens is 767 g/mol. The van der Waals surface area contributed by atoms with E-state index in [2.05, 4.69) is 211 Å². The highest BCUT2D eigenvalue weighted by atomic mass is 15.1. The number of fused-ring (bicyclic) bond motifs is 9. The molecule has 0 bridgehead atoms. The van der Waals surface area contributed by atoms with E-state index in [9.17, 15) is 0 Å². The highest BCUT2D eigenvalue weighted by Crippen LogP contribution is 2.50. The Morgan fingerprint density at radius 1 is 0.381 bits per heavy atom. The predicted octanol–water partition coefficient (Wildman–Crippen LogP) is 14.6. The van der Waals surface area contributed by atoms with Gasteiger partial charge in [-0.3, -0.25) is 0 Å². The molecule has 13 aromatic rings. The van der Waals surface area contributed by atoms with Crippen molar-refractivity contribution in [3.05, 3.63) is 199 Å². The van der Waals surface area contributed by atoms with Crippen molar-refractivity contribution in [2.75, 3.05) is 0 Å². The predicted molar refractivity (Wildman–Crippen MR) is 260 cm³/mol. The molecule has 5 nitrogen and oxygen atoms in total. The molecule has 0 radical (unpaired) electrons. The van der Waals surface area contributed by atoms with Crippen LogP contribution in [0.15, 0.2) is 188 Å². The van der Waals surface area contributed by atoms with E-state index in [0.717, 1.165) is 38.8 Å². The molecule has 4 heterocycles. The fourth-order valence-electron chi connectivity index (χ4n) is 11.0. The van der Waals surface area contributed by atoms with Gasteiger partial charge in [0, 0.05) is 49.0 Å². The van der Waals surface area contributed by atoms with E-state index < -0.39 is 0 Å². The lowest BCUT2D eigenvalue weighted by molar-refractivity contribution is 0.660. The van der Waals surface area contributed by atoms with Gasteiger partial charge in [-0.15, -0.1) is 0 Å². The van der Waals surface area contributed by atoms with Crippen LogP contribution in [0.25, 0.3) is 122 Å². The van der Waals surface area contributed by atoms with Gasteiger partial charge in [-0.2, -0.15) is 0 Å². The van der Waals surface area contributed by atoms with Gasteiger partial charge in [0.25, 0.3) is 0 Å². The molecule has 1 aliphatic carbocycles. The van der Waals surface area contributed by atoms with Crippen LogP contribution in [-0.4, -0.2) is 23.9 Å². The normalized spacial score (nSPS) is 13.4. The van der Waals surface area contributed by atoms with E-state index >= 15 is 0 Å². The number of nitrogens with zero attached hydrogens (tertiary/aromatic N) is 5. The molecule has 0 aliphatic heterocycles. The minimum Gasteiger partial charge on any atom is -0.308 e. The fourth-order valence-corrected chi connectivity index (χ4v) is 11.0. The van der Waals surface area contributed by atoms with E-state index in [-0.39, 0.29) is 5.41 Å². The number of para-hydroxylation sites is 3. The molecule has 9 aromatic carbocycles. The minimum atomic E-state index is -0.102. The van der Waals surface area contributed by atoms with Crippen molar-refractivity contribution in [2.24, 2.45) is 0 Å². The molecule has 0 saturated carbocycles. The summed E-state index contributed by atoms with van der Waals surface area (Å²) >= 11 is 0. The van der Waals surface area contributed by atoms with Crippen molar-refractivity contribution in [3.63, 3.8) is 0 Å². The molecule has 0 atom stereocenters. The van der Waals surface area contributed by atoms with Crippen LogP contribution >= 0.6 is 0 Å². The molecule has 5 heteroatoms. The average Bonchev–Trinajstić information content (AvgIpc) is 3.90. The van der Waals surface area contributed by atoms with Gasteiger partial charge in [-0.05, 0) is 86.9 Å². The lowest BCUT2D eigenvalue weighted by atomic mass is 9.82. The first-order valence-corrected chi connectivity index (χ1v) is 21.7. The molecule has 0 saturated heterocycles. The third kappa shape index (κ3) is 4.68. The Balaban J connectivity index is 1.05. The number of hydrogen-bond donors (Lipinski definition) is 0. The summed E-state index contributed by atoms with van der Waals surface area (Å²) < 4.78 is 4.92. The monoisotopic (exact) mass is 803 g/mol. The SMILES string of the molecule is CC1(C)c2ccccc2-c2cc(-c3nc(-c4ccc5ccccc5c4)nc(-c4ccccc4-n4c5cccc6c7cccc8c9ccccc9n(c9cccc4c9c65)c78)n3)ccc21. The molecule has 1 aliphatic rings. The lowest BCUT2D eigenvalue weighted by Gasteiger charge is -2.21. The molecule has 0 spiro atoms. The zero-order valence-electron chi connectivity index (χ0n) is 34.6. The quantitative estimate of drug-likeness (QED) is 0.178. The van der Waals surface area contributed by atoms with Crippen LogP contribution in [0, 0.1) is 0 Å². The van der Waals surface area contributed by atoms with Gasteiger partial charge >= 0.3 is 0 Å². The van der Waals surface area contributed by atoms with Gasteiger partial charge < -0.3 is 8.97 Å². The van der Waals surface area contributed by atoms with Crippen LogP contribution in [0.2, 0.25) is 0 Å². The Hall–Kier alpha value is -8.15. The molecule has 294 valence electrons. The maximum absolute atomic E-state index is 5.42. The Labute approximate surface area is 362 Å². The molecule has 0 fully saturated rings. The van der Waals surface area contributed by atoms with Crippen LogP contribution in [0.3, 0.4) is 0 Å². The van der Waals surface area contributed by atoms with Crippen LogP contribution in [0.5, 0.6) is 0 Å². The van der Waals surface area contributed by atoms with Gasteiger partial charge in [0.15, 0.2) is 17.5 Å². The van der Waals surface area contributed by atoms with E-state index in [1.165, 1.54) is 76.5 Å². The van der Waals surface area contributed by atoms with Crippen LogP contribution < -0.4 is 0 Å². The third-order valence-electron chi connectivity index (χ3n) is 13.9. The smallest absolute Gasteiger partial charge is 0.166 e. The molecular formula is C58H37N5. The highest BCUT2D eigenvalue weighted by Gasteiger charge is 2.35. The lowest BCUT2D eigenvalue weighted by Crippen LogP contribution is -2.14. The average molecular weight is 804 g/mol. The number of benzene rings is 9. The van der Waals surface area contributed by atoms with E-state index in [0.29, 0.717) is 17.5 Å². The maximum Gasteiger partial charge on any atom is 0.166 e. The molecule has 0 unspecified atom stereocenters. The topological polar surface area (TPSA) is 48.0 Å². The van der Waals surface area contributed by atoms with E-state index in [4.69, 9.17) is 15.0 Å². The summed E-state index contributed by atoms with van der Waals surface area (Å²) in [6, 6.07) is 68.1. The second-order valence-corrected chi connectivity index (χ2v) is 17.6. The summed E-state index contributed by atoms with van der Waals surface area (Å²) in [5, 5.41) is 9.79. The van der Waals surface area contributed by atoms with E-state index in [1.54, 1.807) is 0 Å². The summed E-state index contributed by atoms with van der Waals surface area (Å²) in [6.07, 6.45) is 0. The number of hydrogen-bond acceptors (Lipinski definition) is 3. The zero-order chi connectivity index (χ0) is 41.6. The Bertz CT molecular complexity index is 4070. The first-order valence-electron chi connectivity index (χ1n) is 21.7. The van der Waals surface area contributed by atoms with Crippen molar-refractivity contribution in [3.8, 4) is 51.0 Å². The number of aromatic nitrogens is 5. The minimum absolute atomic E-state index is 0.102.